The molecular formula is C14H11BrO2S. The first kappa shape index (κ1) is 12.0. The minimum Gasteiger partial charge on any atom is -0.458 e. The topological polar surface area (TPSA) is 33.4 Å². The van der Waals surface area contributed by atoms with Crippen molar-refractivity contribution in [2.45, 2.75) is 13.0 Å². The molecule has 0 aliphatic carbocycles. The van der Waals surface area contributed by atoms with Gasteiger partial charge in [0.2, 0.25) is 0 Å². The number of fused-ring (bicyclic) bond motifs is 1. The van der Waals surface area contributed by atoms with Crippen molar-refractivity contribution in [1.29, 1.82) is 0 Å². The zero-order valence-corrected chi connectivity index (χ0v) is 12.1. The number of hydrogen-bond donors (Lipinski definition) is 1. The Labute approximate surface area is 117 Å². The van der Waals surface area contributed by atoms with Gasteiger partial charge in [-0.2, -0.15) is 0 Å². The van der Waals surface area contributed by atoms with E-state index in [-0.39, 0.29) is 0 Å². The SMILES string of the molecule is Cc1cccc2cc(C(O)c3ccc(Br)s3)oc12. The second kappa shape index (κ2) is 4.53. The summed E-state index contributed by atoms with van der Waals surface area (Å²) in [5, 5.41) is 11.3. The number of para-hydroxylation sites is 1. The van der Waals surface area contributed by atoms with Crippen LogP contribution in [0, 0.1) is 6.92 Å². The minimum atomic E-state index is -0.701. The summed E-state index contributed by atoms with van der Waals surface area (Å²) >= 11 is 4.91. The maximum absolute atomic E-state index is 10.3. The maximum atomic E-state index is 10.3. The Morgan fingerprint density at radius 3 is 2.78 bits per heavy atom. The van der Waals surface area contributed by atoms with E-state index in [0.29, 0.717) is 5.76 Å². The molecule has 0 amide bonds. The molecule has 0 aliphatic heterocycles. The predicted octanol–water partition coefficient (Wildman–Crippen LogP) is 4.65. The van der Waals surface area contributed by atoms with Crippen molar-refractivity contribution in [3.63, 3.8) is 0 Å². The standard InChI is InChI=1S/C14H11BrO2S/c1-8-3-2-4-9-7-10(17-14(8)9)13(16)11-5-6-12(15)18-11/h2-7,13,16H,1H3. The summed E-state index contributed by atoms with van der Waals surface area (Å²) in [6.45, 7) is 2.00. The van der Waals surface area contributed by atoms with E-state index in [1.165, 1.54) is 11.3 Å². The Balaban J connectivity index is 2.06. The molecule has 2 nitrogen and oxygen atoms in total. The van der Waals surface area contributed by atoms with Crippen LogP contribution in [0.4, 0.5) is 0 Å². The molecule has 0 saturated heterocycles. The molecule has 3 rings (SSSR count). The van der Waals surface area contributed by atoms with E-state index < -0.39 is 6.10 Å². The number of thiophene rings is 1. The van der Waals surface area contributed by atoms with Gasteiger partial charge in [0.1, 0.15) is 17.4 Å². The third-order valence-electron chi connectivity index (χ3n) is 2.89. The van der Waals surface area contributed by atoms with Crippen LogP contribution in [-0.2, 0) is 0 Å². The fraction of sp³-hybridized carbons (Fsp3) is 0.143. The molecular weight excluding hydrogens is 312 g/mol. The summed E-state index contributed by atoms with van der Waals surface area (Å²) in [7, 11) is 0. The van der Waals surface area contributed by atoms with E-state index in [2.05, 4.69) is 15.9 Å². The van der Waals surface area contributed by atoms with Gasteiger partial charge in [-0.1, -0.05) is 18.2 Å². The van der Waals surface area contributed by atoms with Crippen molar-refractivity contribution in [2.24, 2.45) is 0 Å². The lowest BCUT2D eigenvalue weighted by molar-refractivity contribution is 0.196. The third-order valence-corrected chi connectivity index (χ3v) is 4.57. The Bertz CT molecular complexity index is 699. The van der Waals surface area contributed by atoms with E-state index >= 15 is 0 Å². The molecule has 2 heterocycles. The number of furan rings is 1. The monoisotopic (exact) mass is 322 g/mol. The largest absolute Gasteiger partial charge is 0.458 e. The lowest BCUT2D eigenvalue weighted by Crippen LogP contribution is -1.93. The second-order valence-corrected chi connectivity index (χ2v) is 6.68. The molecule has 0 radical (unpaired) electrons. The lowest BCUT2D eigenvalue weighted by atomic mass is 10.1. The van der Waals surface area contributed by atoms with Gasteiger partial charge in [0.05, 0.1) is 3.79 Å². The van der Waals surface area contributed by atoms with Crippen LogP contribution in [0.2, 0.25) is 0 Å². The highest BCUT2D eigenvalue weighted by Crippen LogP contribution is 2.34. The van der Waals surface area contributed by atoms with E-state index in [0.717, 1.165) is 25.2 Å². The van der Waals surface area contributed by atoms with Gasteiger partial charge in [0, 0.05) is 10.3 Å². The number of rotatable bonds is 2. The highest BCUT2D eigenvalue weighted by Gasteiger charge is 2.17. The normalized spacial score (nSPS) is 13.1. The fourth-order valence-corrected chi connectivity index (χ4v) is 3.40. The quantitative estimate of drug-likeness (QED) is 0.745. The number of benzene rings is 1. The summed E-state index contributed by atoms with van der Waals surface area (Å²) in [5.41, 5.74) is 1.93. The summed E-state index contributed by atoms with van der Waals surface area (Å²) in [5.74, 6) is 0.591. The van der Waals surface area contributed by atoms with Crippen molar-refractivity contribution < 1.29 is 9.52 Å². The van der Waals surface area contributed by atoms with Crippen LogP contribution in [0.1, 0.15) is 22.3 Å². The molecule has 92 valence electrons. The van der Waals surface area contributed by atoms with Crippen LogP contribution in [0.15, 0.2) is 44.6 Å². The molecule has 1 N–H and O–H groups in total. The van der Waals surface area contributed by atoms with Gasteiger partial charge in [-0.15, -0.1) is 11.3 Å². The van der Waals surface area contributed by atoms with E-state index in [1.807, 2.05) is 43.3 Å². The van der Waals surface area contributed by atoms with Crippen LogP contribution in [0.3, 0.4) is 0 Å². The molecule has 18 heavy (non-hydrogen) atoms. The summed E-state index contributed by atoms with van der Waals surface area (Å²) < 4.78 is 6.77. The number of hydrogen-bond acceptors (Lipinski definition) is 3. The predicted molar refractivity (Wildman–Crippen MR) is 77.0 cm³/mol. The fourth-order valence-electron chi connectivity index (χ4n) is 1.98. The van der Waals surface area contributed by atoms with Crippen LogP contribution >= 0.6 is 27.3 Å². The van der Waals surface area contributed by atoms with Crippen molar-refractivity contribution in [3.05, 3.63) is 56.4 Å². The number of aliphatic hydroxyl groups is 1. The zero-order chi connectivity index (χ0) is 12.7. The zero-order valence-electron chi connectivity index (χ0n) is 9.68. The average Bonchev–Trinajstić information content (AvgIpc) is 2.95. The van der Waals surface area contributed by atoms with Crippen molar-refractivity contribution >= 4 is 38.2 Å². The van der Waals surface area contributed by atoms with Crippen LogP contribution in [0.25, 0.3) is 11.0 Å². The molecule has 0 fully saturated rings. The Morgan fingerprint density at radius 1 is 1.28 bits per heavy atom. The van der Waals surface area contributed by atoms with Gasteiger partial charge >= 0.3 is 0 Å². The summed E-state index contributed by atoms with van der Waals surface area (Å²) in [6, 6.07) is 11.7. The minimum absolute atomic E-state index is 0.591. The van der Waals surface area contributed by atoms with Gasteiger partial charge in [0.15, 0.2) is 0 Å². The van der Waals surface area contributed by atoms with Crippen molar-refractivity contribution in [2.75, 3.05) is 0 Å². The van der Waals surface area contributed by atoms with Gasteiger partial charge in [0.25, 0.3) is 0 Å². The first-order valence-electron chi connectivity index (χ1n) is 5.57. The first-order chi connectivity index (χ1) is 8.65. The van der Waals surface area contributed by atoms with Gasteiger partial charge in [-0.25, -0.2) is 0 Å². The van der Waals surface area contributed by atoms with Gasteiger partial charge in [-0.3, -0.25) is 0 Å². The highest BCUT2D eigenvalue weighted by atomic mass is 79.9. The molecule has 1 atom stereocenters. The summed E-state index contributed by atoms with van der Waals surface area (Å²) in [6.07, 6.45) is -0.701. The lowest BCUT2D eigenvalue weighted by Gasteiger charge is -2.03. The Kier molecular flexibility index (Phi) is 3.01. The molecule has 0 bridgehead atoms. The smallest absolute Gasteiger partial charge is 0.146 e. The third kappa shape index (κ3) is 2.00. The molecule has 0 spiro atoms. The summed E-state index contributed by atoms with van der Waals surface area (Å²) in [4.78, 5) is 0.874. The van der Waals surface area contributed by atoms with Crippen LogP contribution < -0.4 is 0 Å². The molecule has 0 saturated carbocycles. The first-order valence-corrected chi connectivity index (χ1v) is 7.18. The Hall–Kier alpha value is -1.10. The number of halogens is 1. The molecule has 4 heteroatoms. The number of aryl methyl sites for hydroxylation is 1. The van der Waals surface area contributed by atoms with Crippen molar-refractivity contribution in [3.8, 4) is 0 Å². The van der Waals surface area contributed by atoms with E-state index in [4.69, 9.17) is 4.42 Å². The molecule has 2 aromatic heterocycles. The second-order valence-electron chi connectivity index (χ2n) is 4.19. The molecule has 0 aliphatic rings. The van der Waals surface area contributed by atoms with Gasteiger partial charge < -0.3 is 9.52 Å². The van der Waals surface area contributed by atoms with Crippen molar-refractivity contribution in [1.82, 2.24) is 0 Å². The maximum Gasteiger partial charge on any atom is 0.146 e. The Morgan fingerprint density at radius 2 is 2.11 bits per heavy atom. The van der Waals surface area contributed by atoms with Gasteiger partial charge in [-0.05, 0) is 46.6 Å². The van der Waals surface area contributed by atoms with E-state index in [1.54, 1.807) is 0 Å². The highest BCUT2D eigenvalue weighted by molar-refractivity contribution is 9.11. The van der Waals surface area contributed by atoms with Crippen LogP contribution in [-0.4, -0.2) is 5.11 Å². The van der Waals surface area contributed by atoms with E-state index in [9.17, 15) is 5.11 Å². The molecule has 1 aromatic carbocycles. The number of aliphatic hydroxyl groups excluding tert-OH is 1. The molecule has 3 aromatic rings. The average molecular weight is 323 g/mol. The molecule has 1 unspecified atom stereocenters. The van der Waals surface area contributed by atoms with Crippen LogP contribution in [0.5, 0.6) is 0 Å².